The summed E-state index contributed by atoms with van der Waals surface area (Å²) in [6.45, 7) is 8.52. The average molecular weight is 442 g/mol. The molecule has 6 heteroatoms. The molecule has 164 valence electrons. The molecule has 0 saturated heterocycles. The van der Waals surface area contributed by atoms with Crippen LogP contribution in [0.15, 0.2) is 51.5 Å². The monoisotopic (exact) mass is 441 g/mol. The fourth-order valence-electron chi connectivity index (χ4n) is 3.87. The zero-order chi connectivity index (χ0) is 22.1. The second-order valence-corrected chi connectivity index (χ2v) is 8.91. The summed E-state index contributed by atoms with van der Waals surface area (Å²) in [7, 11) is 0. The maximum absolute atomic E-state index is 13.3. The van der Waals surface area contributed by atoms with Crippen molar-refractivity contribution < 1.29 is 18.4 Å². The Hall–Kier alpha value is -2.66. The second kappa shape index (κ2) is 8.83. The first-order valence-electron chi connectivity index (χ1n) is 10.6. The predicted molar refractivity (Wildman–Crippen MR) is 119 cm³/mol. The number of aryl methyl sites for hydroxylation is 2. The first kappa shape index (κ1) is 21.6. The molecule has 3 unspecified atom stereocenters. The molecule has 4 rings (SSSR count). The summed E-state index contributed by atoms with van der Waals surface area (Å²) in [5.41, 5.74) is 1.84. The highest BCUT2D eigenvalue weighted by molar-refractivity contribution is 6.32. The first-order chi connectivity index (χ1) is 14.8. The molecular weight excluding hydrogens is 414 g/mol. The van der Waals surface area contributed by atoms with Crippen LogP contribution in [0.4, 0.5) is 0 Å². The molecule has 31 heavy (non-hydrogen) atoms. The zero-order valence-electron chi connectivity index (χ0n) is 18.4. The number of halogens is 1. The molecule has 3 atom stereocenters. The number of hydrogen-bond acceptors (Lipinski definition) is 4. The molecule has 0 bridgehead atoms. The summed E-state index contributed by atoms with van der Waals surface area (Å²) in [4.78, 5) is 15.0. The number of hydrogen-bond donors (Lipinski definition) is 0. The van der Waals surface area contributed by atoms with Gasteiger partial charge in [-0.2, -0.15) is 0 Å². The Morgan fingerprint density at radius 1 is 1.19 bits per heavy atom. The Balaban J connectivity index is 1.49. The number of carbonyl (C=O) groups is 1. The van der Waals surface area contributed by atoms with Crippen LogP contribution in [0.2, 0.25) is 5.02 Å². The fourth-order valence-corrected chi connectivity index (χ4v) is 3.98. The van der Waals surface area contributed by atoms with Gasteiger partial charge in [0.15, 0.2) is 6.10 Å². The van der Waals surface area contributed by atoms with Gasteiger partial charge >= 0.3 is 0 Å². The lowest BCUT2D eigenvalue weighted by Gasteiger charge is -2.25. The van der Waals surface area contributed by atoms with Gasteiger partial charge in [0.05, 0.1) is 19.4 Å². The topological polar surface area (TPSA) is 55.8 Å². The van der Waals surface area contributed by atoms with Crippen molar-refractivity contribution in [2.24, 2.45) is 5.92 Å². The summed E-state index contributed by atoms with van der Waals surface area (Å²) in [6, 6.07) is 11.4. The third kappa shape index (κ3) is 4.99. The van der Waals surface area contributed by atoms with E-state index >= 15 is 0 Å². The van der Waals surface area contributed by atoms with Crippen LogP contribution in [0.3, 0.4) is 0 Å². The molecule has 0 N–H and O–H groups in total. The fraction of sp³-hybridized carbons (Fsp3) is 0.400. The van der Waals surface area contributed by atoms with E-state index in [0.717, 1.165) is 29.1 Å². The molecule has 5 nitrogen and oxygen atoms in total. The van der Waals surface area contributed by atoms with E-state index in [2.05, 4.69) is 6.92 Å². The highest BCUT2D eigenvalue weighted by Gasteiger charge is 2.36. The SMILES string of the molecule is Cc1cc(OC(C)C(=O)N(Cc2ccco2)Cc2ccc(C3CC3C)o2)cc(C)c1Cl. The molecule has 1 amide bonds. The van der Waals surface area contributed by atoms with Gasteiger partial charge in [-0.1, -0.05) is 18.5 Å². The molecule has 1 aromatic carbocycles. The van der Waals surface area contributed by atoms with Crippen molar-refractivity contribution in [2.45, 2.75) is 59.2 Å². The molecule has 0 aliphatic heterocycles. The van der Waals surface area contributed by atoms with E-state index in [1.165, 1.54) is 0 Å². The summed E-state index contributed by atoms with van der Waals surface area (Å²) in [5, 5.41) is 0.712. The van der Waals surface area contributed by atoms with Crippen molar-refractivity contribution in [1.82, 2.24) is 4.90 Å². The lowest BCUT2D eigenvalue weighted by Crippen LogP contribution is -2.39. The van der Waals surface area contributed by atoms with Crippen LogP contribution in [-0.2, 0) is 17.9 Å². The van der Waals surface area contributed by atoms with Crippen molar-refractivity contribution in [3.8, 4) is 5.75 Å². The molecule has 0 radical (unpaired) electrons. The Labute approximate surface area is 187 Å². The third-order valence-corrected chi connectivity index (χ3v) is 6.41. The van der Waals surface area contributed by atoms with Crippen LogP contribution in [0.25, 0.3) is 0 Å². The number of nitrogens with zero attached hydrogens (tertiary/aromatic N) is 1. The van der Waals surface area contributed by atoms with Gasteiger partial charge in [0.1, 0.15) is 23.0 Å². The highest BCUT2D eigenvalue weighted by Crippen LogP contribution is 2.47. The highest BCUT2D eigenvalue weighted by atomic mass is 35.5. The third-order valence-electron chi connectivity index (χ3n) is 5.81. The Morgan fingerprint density at radius 3 is 2.48 bits per heavy atom. The summed E-state index contributed by atoms with van der Waals surface area (Å²) < 4.78 is 17.5. The predicted octanol–water partition coefficient (Wildman–Crippen LogP) is 6.26. The van der Waals surface area contributed by atoms with Crippen molar-refractivity contribution in [1.29, 1.82) is 0 Å². The lowest BCUT2D eigenvalue weighted by molar-refractivity contribution is -0.139. The second-order valence-electron chi connectivity index (χ2n) is 8.53. The molecule has 2 heterocycles. The molecule has 1 fully saturated rings. The van der Waals surface area contributed by atoms with Crippen LogP contribution >= 0.6 is 11.6 Å². The largest absolute Gasteiger partial charge is 0.481 e. The van der Waals surface area contributed by atoms with E-state index in [0.29, 0.717) is 41.5 Å². The van der Waals surface area contributed by atoms with Crippen molar-refractivity contribution in [3.05, 3.63) is 76.1 Å². The Bertz CT molecular complexity index is 1030. The molecule has 1 aliphatic rings. The number of rotatable bonds is 8. The van der Waals surface area contributed by atoms with Crippen molar-refractivity contribution in [2.75, 3.05) is 0 Å². The van der Waals surface area contributed by atoms with Crippen LogP contribution < -0.4 is 4.74 Å². The van der Waals surface area contributed by atoms with Crippen LogP contribution in [0.5, 0.6) is 5.75 Å². The summed E-state index contributed by atoms with van der Waals surface area (Å²) in [5.74, 6) is 4.13. The molecule has 2 aromatic heterocycles. The van der Waals surface area contributed by atoms with Gasteiger partial charge in [-0.25, -0.2) is 0 Å². The van der Waals surface area contributed by atoms with E-state index in [4.69, 9.17) is 25.2 Å². The van der Waals surface area contributed by atoms with E-state index in [1.807, 2.05) is 50.2 Å². The van der Waals surface area contributed by atoms with E-state index in [1.54, 1.807) is 18.1 Å². The zero-order valence-corrected chi connectivity index (χ0v) is 19.1. The van der Waals surface area contributed by atoms with E-state index < -0.39 is 6.10 Å². The van der Waals surface area contributed by atoms with Gasteiger partial charge in [0, 0.05) is 10.9 Å². The number of amides is 1. The van der Waals surface area contributed by atoms with E-state index in [-0.39, 0.29) is 5.91 Å². The molecular formula is C25H28ClNO4. The lowest BCUT2D eigenvalue weighted by atomic mass is 10.1. The number of ether oxygens (including phenoxy) is 1. The molecule has 1 saturated carbocycles. The Morgan fingerprint density at radius 2 is 1.87 bits per heavy atom. The molecule has 1 aliphatic carbocycles. The Kier molecular flexibility index (Phi) is 6.15. The minimum absolute atomic E-state index is 0.139. The van der Waals surface area contributed by atoms with Crippen molar-refractivity contribution in [3.63, 3.8) is 0 Å². The van der Waals surface area contributed by atoms with E-state index in [9.17, 15) is 4.79 Å². The average Bonchev–Trinajstić information content (AvgIpc) is 3.12. The quantitative estimate of drug-likeness (QED) is 0.413. The van der Waals surface area contributed by atoms with Gasteiger partial charge in [0.2, 0.25) is 0 Å². The number of carbonyl (C=O) groups excluding carboxylic acids is 1. The standard InChI is InChI=1S/C25H28ClNO4/c1-15-12-22(15)23-8-7-20(31-23)14-27(13-19-6-5-9-29-19)25(28)18(4)30-21-10-16(2)24(26)17(3)11-21/h5-11,15,18,22H,12-14H2,1-4H3. The minimum atomic E-state index is -0.673. The van der Waals surface area contributed by atoms with Crippen LogP contribution in [-0.4, -0.2) is 16.9 Å². The van der Waals surface area contributed by atoms with Gasteiger partial charge in [0.25, 0.3) is 5.91 Å². The normalized spacial score (nSPS) is 18.6. The number of furan rings is 2. The summed E-state index contributed by atoms with van der Waals surface area (Å²) in [6.07, 6.45) is 2.09. The van der Waals surface area contributed by atoms with Crippen LogP contribution in [0, 0.1) is 19.8 Å². The van der Waals surface area contributed by atoms with Gasteiger partial charge in [-0.05, 0) is 80.6 Å². The maximum atomic E-state index is 13.3. The van der Waals surface area contributed by atoms with Gasteiger partial charge in [-0.3, -0.25) is 4.79 Å². The molecule has 3 aromatic rings. The summed E-state index contributed by atoms with van der Waals surface area (Å²) >= 11 is 6.25. The van der Waals surface area contributed by atoms with Crippen LogP contribution in [0.1, 0.15) is 54.6 Å². The smallest absolute Gasteiger partial charge is 0.264 e. The molecule has 0 spiro atoms. The van der Waals surface area contributed by atoms with Crippen molar-refractivity contribution >= 4 is 17.5 Å². The van der Waals surface area contributed by atoms with Gasteiger partial charge in [-0.15, -0.1) is 0 Å². The first-order valence-corrected chi connectivity index (χ1v) is 11.0. The maximum Gasteiger partial charge on any atom is 0.264 e. The van der Waals surface area contributed by atoms with Gasteiger partial charge < -0.3 is 18.5 Å². The minimum Gasteiger partial charge on any atom is -0.481 e. The number of benzene rings is 1.